The summed E-state index contributed by atoms with van der Waals surface area (Å²) in [6.45, 7) is 2.28. The van der Waals surface area contributed by atoms with Crippen LogP contribution in [0, 0.1) is 6.92 Å². The van der Waals surface area contributed by atoms with E-state index in [0.29, 0.717) is 34.8 Å². The highest BCUT2D eigenvalue weighted by Crippen LogP contribution is 2.35. The molecule has 5 nitrogen and oxygen atoms in total. The highest BCUT2D eigenvalue weighted by Gasteiger charge is 2.16. The Labute approximate surface area is 267 Å². The maximum absolute atomic E-state index is 13.2. The first kappa shape index (κ1) is 30.8. The minimum atomic E-state index is 0.00110. The van der Waals surface area contributed by atoms with Crippen LogP contribution in [-0.4, -0.2) is 23.7 Å². The fourth-order valence-electron chi connectivity index (χ4n) is 4.86. The van der Waals surface area contributed by atoms with E-state index in [1.807, 2.05) is 134 Å². The second kappa shape index (κ2) is 15.2. The lowest BCUT2D eigenvalue weighted by Crippen LogP contribution is -2.11. The zero-order valence-electron chi connectivity index (χ0n) is 24.2. The van der Waals surface area contributed by atoms with Crippen molar-refractivity contribution in [2.75, 3.05) is 10.7 Å². The van der Waals surface area contributed by atoms with E-state index in [-0.39, 0.29) is 5.78 Å². The molecular weight excluding hydrogens is 588 g/mol. The molecule has 0 unspecified atom stereocenters. The van der Waals surface area contributed by atoms with Crippen LogP contribution in [0.3, 0.4) is 0 Å². The molecule has 0 aliphatic heterocycles. The average molecular weight is 619 g/mol. The van der Waals surface area contributed by atoms with Gasteiger partial charge in [-0.1, -0.05) is 71.4 Å². The Hall–Kier alpha value is -4.65. The summed E-state index contributed by atoms with van der Waals surface area (Å²) in [4.78, 5) is 32.2. The van der Waals surface area contributed by atoms with E-state index in [0.717, 1.165) is 45.3 Å². The number of ketones is 1. The number of anilines is 3. The molecular formula is C37H31ClN2O3S. The fraction of sp³-hybridized carbons (Fsp3) is 0.108. The second-order valence-electron chi connectivity index (χ2n) is 10.1. The van der Waals surface area contributed by atoms with Crippen molar-refractivity contribution in [3.8, 4) is 0 Å². The maximum Gasteiger partial charge on any atom is 0.323 e. The summed E-state index contributed by atoms with van der Waals surface area (Å²) in [6, 6.07) is 41.2. The van der Waals surface area contributed by atoms with Crippen molar-refractivity contribution >= 4 is 58.4 Å². The zero-order chi connectivity index (χ0) is 30.7. The first-order valence-electron chi connectivity index (χ1n) is 14.2. The Morgan fingerprint density at radius 3 is 2.00 bits per heavy atom. The van der Waals surface area contributed by atoms with Crippen LogP contribution in [0.4, 0.5) is 17.1 Å². The normalized spacial score (nSPS) is 11.2. The lowest BCUT2D eigenvalue weighted by molar-refractivity contribution is -0.128. The molecule has 0 saturated carbocycles. The highest BCUT2D eigenvalue weighted by molar-refractivity contribution is 7.99. The number of thioether (sulfide) groups is 1. The fourth-order valence-corrected chi connectivity index (χ4v) is 5.84. The molecule has 0 radical (unpaired) electrons. The number of carbonyl (C=O) groups excluding carboxylic acids is 2. The number of nitrogens with zero attached hydrogens (tertiary/aromatic N) is 2. The molecule has 5 rings (SSSR count). The molecule has 44 heavy (non-hydrogen) atoms. The van der Waals surface area contributed by atoms with Gasteiger partial charge in [0.05, 0.1) is 5.71 Å². The number of carbonyl (C=O) groups is 2. The molecule has 0 heterocycles. The average Bonchev–Trinajstić information content (AvgIpc) is 3.06. The molecule has 0 aromatic heterocycles. The van der Waals surface area contributed by atoms with Crippen LogP contribution in [0.1, 0.15) is 39.9 Å². The highest BCUT2D eigenvalue weighted by atomic mass is 35.5. The summed E-state index contributed by atoms with van der Waals surface area (Å²) in [5.41, 5.74) is 6.71. The van der Waals surface area contributed by atoms with Crippen molar-refractivity contribution in [1.82, 2.24) is 0 Å². The molecule has 0 spiro atoms. The summed E-state index contributed by atoms with van der Waals surface area (Å²) in [5.74, 6) is 0.880. The lowest BCUT2D eigenvalue weighted by atomic mass is 9.99. The van der Waals surface area contributed by atoms with Crippen LogP contribution >= 0.6 is 23.4 Å². The molecule has 5 aromatic rings. The van der Waals surface area contributed by atoms with E-state index in [1.54, 1.807) is 11.8 Å². The van der Waals surface area contributed by atoms with Gasteiger partial charge in [0.2, 0.25) is 0 Å². The largest absolute Gasteiger partial charge is 0.323 e. The summed E-state index contributed by atoms with van der Waals surface area (Å²) in [5, 5.41) is 4.81. The topological polar surface area (TPSA) is 59.0 Å². The van der Waals surface area contributed by atoms with Crippen LogP contribution in [0.2, 0.25) is 5.02 Å². The minimum absolute atomic E-state index is 0.00110. The van der Waals surface area contributed by atoms with E-state index in [1.165, 1.54) is 0 Å². The Kier molecular flexibility index (Phi) is 10.6. The zero-order valence-corrected chi connectivity index (χ0v) is 25.8. The number of hydrogen-bond acceptors (Lipinski definition) is 6. The third kappa shape index (κ3) is 7.84. The van der Waals surface area contributed by atoms with E-state index >= 15 is 0 Å². The van der Waals surface area contributed by atoms with Crippen LogP contribution in [0.5, 0.6) is 0 Å². The van der Waals surface area contributed by atoms with Gasteiger partial charge in [0.25, 0.3) is 0 Å². The molecule has 7 heteroatoms. The van der Waals surface area contributed by atoms with Gasteiger partial charge in [0, 0.05) is 38.1 Å². The standard InChI is InChI=1S/C37H31ClN2O3S/c1-27-8-5-6-11-35(27)37(42)29-15-21-33(22-16-29)40(31-9-3-2-4-10-31)32-19-13-28(14-20-32)36(39-43-26-41)12-7-25-44-34-23-17-30(38)18-24-34/h2-6,8-11,13-24,26H,7,12,25H2,1H3/b39-36+. The second-order valence-corrected chi connectivity index (χ2v) is 11.7. The predicted molar refractivity (Wildman–Crippen MR) is 181 cm³/mol. The number of aryl methyl sites for hydroxylation is 1. The van der Waals surface area contributed by atoms with Crippen molar-refractivity contribution in [1.29, 1.82) is 0 Å². The molecule has 0 fully saturated rings. The summed E-state index contributed by atoms with van der Waals surface area (Å²) < 4.78 is 0. The van der Waals surface area contributed by atoms with Gasteiger partial charge in [0.15, 0.2) is 5.78 Å². The minimum Gasteiger partial charge on any atom is -0.321 e. The Morgan fingerprint density at radius 1 is 0.773 bits per heavy atom. The number of rotatable bonds is 13. The van der Waals surface area contributed by atoms with Gasteiger partial charge < -0.3 is 9.74 Å². The Bertz CT molecular complexity index is 1720. The molecule has 5 aromatic carbocycles. The molecule has 0 atom stereocenters. The van der Waals surface area contributed by atoms with Crippen LogP contribution < -0.4 is 4.90 Å². The van der Waals surface area contributed by atoms with Crippen molar-refractivity contribution in [2.24, 2.45) is 5.16 Å². The van der Waals surface area contributed by atoms with Crippen LogP contribution in [-0.2, 0) is 9.63 Å². The quantitative estimate of drug-likeness (QED) is 0.0250. The van der Waals surface area contributed by atoms with Crippen LogP contribution in [0.15, 0.2) is 137 Å². The summed E-state index contributed by atoms with van der Waals surface area (Å²) in [6.07, 6.45) is 1.49. The predicted octanol–water partition coefficient (Wildman–Crippen LogP) is 9.80. The van der Waals surface area contributed by atoms with Gasteiger partial charge in [0.1, 0.15) is 0 Å². The Balaban J connectivity index is 1.35. The van der Waals surface area contributed by atoms with Crippen molar-refractivity contribution < 1.29 is 14.4 Å². The molecule has 0 aliphatic carbocycles. The molecule has 0 N–H and O–H groups in total. The van der Waals surface area contributed by atoms with Gasteiger partial charge in [-0.05, 0) is 109 Å². The molecule has 220 valence electrons. The summed E-state index contributed by atoms with van der Waals surface area (Å²) >= 11 is 7.73. The monoisotopic (exact) mass is 618 g/mol. The molecule has 0 saturated heterocycles. The molecule has 0 amide bonds. The maximum atomic E-state index is 13.2. The number of para-hydroxylation sites is 1. The Morgan fingerprint density at radius 2 is 1.36 bits per heavy atom. The molecule has 0 aliphatic rings. The van der Waals surface area contributed by atoms with Crippen molar-refractivity contribution in [3.63, 3.8) is 0 Å². The van der Waals surface area contributed by atoms with E-state index in [2.05, 4.69) is 10.1 Å². The number of hydrogen-bond donors (Lipinski definition) is 0. The van der Waals surface area contributed by atoms with Gasteiger partial charge >= 0.3 is 6.47 Å². The first-order valence-corrected chi connectivity index (χ1v) is 15.6. The summed E-state index contributed by atoms with van der Waals surface area (Å²) in [7, 11) is 0. The third-order valence-electron chi connectivity index (χ3n) is 7.10. The first-order chi connectivity index (χ1) is 21.5. The third-order valence-corrected chi connectivity index (χ3v) is 8.45. The number of benzene rings is 5. The van der Waals surface area contributed by atoms with Gasteiger partial charge in [-0.2, -0.15) is 0 Å². The smallest absolute Gasteiger partial charge is 0.321 e. The van der Waals surface area contributed by atoms with Crippen molar-refractivity contribution in [2.45, 2.75) is 24.7 Å². The van der Waals surface area contributed by atoms with Crippen LogP contribution in [0.25, 0.3) is 0 Å². The van der Waals surface area contributed by atoms with Crippen molar-refractivity contribution in [3.05, 3.63) is 155 Å². The number of halogens is 1. The molecule has 0 bridgehead atoms. The van der Waals surface area contributed by atoms with Gasteiger partial charge in [-0.25, -0.2) is 0 Å². The SMILES string of the molecule is Cc1ccccc1C(=O)c1ccc(N(c2ccccc2)c2ccc(/C(CCCSc3ccc(Cl)cc3)=N/OC=O)cc2)cc1. The lowest BCUT2D eigenvalue weighted by Gasteiger charge is -2.26. The van der Waals surface area contributed by atoms with E-state index in [9.17, 15) is 9.59 Å². The van der Waals surface area contributed by atoms with Gasteiger partial charge in [-0.3, -0.25) is 9.59 Å². The van der Waals surface area contributed by atoms with E-state index < -0.39 is 0 Å². The van der Waals surface area contributed by atoms with E-state index in [4.69, 9.17) is 16.4 Å². The van der Waals surface area contributed by atoms with Gasteiger partial charge in [-0.15, -0.1) is 11.8 Å². The number of oxime groups is 1.